The predicted octanol–water partition coefficient (Wildman–Crippen LogP) is 3.65. The lowest BCUT2D eigenvalue weighted by molar-refractivity contribution is -0.113. The Morgan fingerprint density at radius 1 is 1.17 bits per heavy atom. The molecule has 4 rings (SSSR count). The maximum atomic E-state index is 12.6. The second-order valence-corrected chi connectivity index (χ2v) is 10.9. The molecule has 0 spiro atoms. The van der Waals surface area contributed by atoms with Crippen molar-refractivity contribution in [1.82, 2.24) is 20.2 Å². The molecule has 0 saturated carbocycles. The lowest BCUT2D eigenvalue weighted by Crippen LogP contribution is -2.30. The summed E-state index contributed by atoms with van der Waals surface area (Å²) in [6, 6.07) is 11.6. The van der Waals surface area contributed by atoms with Gasteiger partial charge in [-0.25, -0.2) is 4.98 Å². The van der Waals surface area contributed by atoms with Gasteiger partial charge in [0.05, 0.1) is 11.9 Å². The summed E-state index contributed by atoms with van der Waals surface area (Å²) < 4.78 is 12.2. The fourth-order valence-corrected chi connectivity index (χ4v) is 4.15. The summed E-state index contributed by atoms with van der Waals surface area (Å²) in [6.07, 6.45) is 5.21. The zero-order valence-corrected chi connectivity index (χ0v) is 18.2. The van der Waals surface area contributed by atoms with Gasteiger partial charge in [0.15, 0.2) is 0 Å². The maximum absolute atomic E-state index is 12.6. The van der Waals surface area contributed by atoms with E-state index in [9.17, 15) is 9.36 Å². The second-order valence-electron chi connectivity index (χ2n) is 7.73. The molecule has 0 fully saturated rings. The molecule has 0 unspecified atom stereocenters. The number of anilines is 1. The Bertz CT molecular complexity index is 1230. The van der Waals surface area contributed by atoms with Crippen LogP contribution in [0.3, 0.4) is 0 Å². The zero-order chi connectivity index (χ0) is 21.5. The quantitative estimate of drug-likeness (QED) is 0.560. The number of aromatic nitrogens is 2. The van der Waals surface area contributed by atoms with Gasteiger partial charge in [-0.2, -0.15) is 0 Å². The monoisotopic (exact) mass is 421 g/mol. The van der Waals surface area contributed by atoms with Crippen LogP contribution in [0.5, 0.6) is 0 Å². The average molecular weight is 421 g/mol. The Morgan fingerprint density at radius 3 is 2.60 bits per heavy atom. The number of amides is 1. The number of benzene rings is 1. The number of rotatable bonds is 4. The fourth-order valence-electron chi connectivity index (χ4n) is 3.29. The maximum Gasteiger partial charge on any atom is 0.273 e. The van der Waals surface area contributed by atoms with Crippen molar-refractivity contribution in [2.75, 3.05) is 25.7 Å². The summed E-state index contributed by atoms with van der Waals surface area (Å²) in [5.74, 6) is -0.222. The van der Waals surface area contributed by atoms with Crippen LogP contribution in [0.1, 0.15) is 6.92 Å². The van der Waals surface area contributed by atoms with Crippen molar-refractivity contribution in [3.8, 4) is 11.3 Å². The van der Waals surface area contributed by atoms with Gasteiger partial charge in [-0.3, -0.25) is 4.79 Å². The molecule has 3 aromatic rings. The highest BCUT2D eigenvalue weighted by Gasteiger charge is 2.17. The molecule has 1 amide bonds. The average Bonchev–Trinajstić information content (AvgIpc) is 3.13. The van der Waals surface area contributed by atoms with Gasteiger partial charge < -0.3 is 25.1 Å². The standard InChI is InChI=1S/C22H24N5O2P/c1-14-20(23-9-10-27(14)2)22(28)25-17-11-16-12-19(26-21(16)24-13-17)15-5-7-18(8-6-15)30(3,4)29/h5-13,23H,1-4H3,(H,24,26)(H,25,28). The van der Waals surface area contributed by atoms with E-state index in [1.165, 1.54) is 0 Å². The minimum atomic E-state index is -2.28. The number of H-pyrrole nitrogens is 1. The lowest BCUT2D eigenvalue weighted by Gasteiger charge is -2.23. The van der Waals surface area contributed by atoms with Crippen LogP contribution < -0.4 is 15.9 Å². The largest absolute Gasteiger partial charge is 0.354 e. The predicted molar refractivity (Wildman–Crippen MR) is 122 cm³/mol. The molecule has 0 bridgehead atoms. The van der Waals surface area contributed by atoms with Gasteiger partial charge >= 0.3 is 0 Å². The first kappa shape index (κ1) is 20.0. The Hall–Kier alpha value is -3.31. The van der Waals surface area contributed by atoms with Crippen LogP contribution in [0.25, 0.3) is 22.3 Å². The molecule has 2 aromatic heterocycles. The topological polar surface area (TPSA) is 90.1 Å². The molecule has 0 radical (unpaired) electrons. The molecule has 0 saturated heterocycles. The molecule has 1 aromatic carbocycles. The van der Waals surface area contributed by atoms with Crippen molar-refractivity contribution in [3.05, 3.63) is 66.4 Å². The Kier molecular flexibility index (Phi) is 5.00. The SMILES string of the molecule is CC1=C(C(=O)Nc2cnc3[nH]c(-c4ccc(P(C)(C)=O)cc4)cc3c2)NC=CN1C. The zero-order valence-electron chi connectivity index (χ0n) is 17.4. The van der Waals surface area contributed by atoms with E-state index < -0.39 is 7.14 Å². The first-order valence-corrected chi connectivity index (χ1v) is 12.2. The van der Waals surface area contributed by atoms with E-state index in [1.807, 2.05) is 61.5 Å². The summed E-state index contributed by atoms with van der Waals surface area (Å²) in [7, 11) is -0.387. The molecule has 0 aliphatic carbocycles. The van der Waals surface area contributed by atoms with Crippen molar-refractivity contribution in [2.45, 2.75) is 6.92 Å². The number of carbonyl (C=O) groups is 1. The number of carbonyl (C=O) groups excluding carboxylic acids is 1. The first-order valence-electron chi connectivity index (χ1n) is 9.55. The highest BCUT2D eigenvalue weighted by Crippen LogP contribution is 2.35. The Balaban J connectivity index is 1.58. The first-order chi connectivity index (χ1) is 14.2. The smallest absolute Gasteiger partial charge is 0.273 e. The molecule has 30 heavy (non-hydrogen) atoms. The van der Waals surface area contributed by atoms with Crippen molar-refractivity contribution in [1.29, 1.82) is 0 Å². The van der Waals surface area contributed by atoms with Crippen LogP contribution in [0.2, 0.25) is 0 Å². The van der Waals surface area contributed by atoms with E-state index in [0.29, 0.717) is 11.4 Å². The highest BCUT2D eigenvalue weighted by molar-refractivity contribution is 7.70. The molecule has 7 nitrogen and oxygen atoms in total. The third-order valence-electron chi connectivity index (χ3n) is 5.17. The number of hydrogen-bond donors (Lipinski definition) is 3. The summed E-state index contributed by atoms with van der Waals surface area (Å²) in [6.45, 7) is 5.41. The molecular weight excluding hydrogens is 397 g/mol. The van der Waals surface area contributed by atoms with E-state index in [1.54, 1.807) is 25.7 Å². The van der Waals surface area contributed by atoms with Gasteiger partial charge in [0, 0.05) is 41.5 Å². The van der Waals surface area contributed by atoms with E-state index >= 15 is 0 Å². The van der Waals surface area contributed by atoms with Crippen LogP contribution in [0.4, 0.5) is 5.69 Å². The van der Waals surface area contributed by atoms with Crippen LogP contribution in [-0.2, 0) is 9.36 Å². The molecule has 8 heteroatoms. The number of hydrogen-bond acceptors (Lipinski definition) is 5. The number of aromatic amines is 1. The van der Waals surface area contributed by atoms with Gasteiger partial charge in [0.2, 0.25) is 0 Å². The van der Waals surface area contributed by atoms with E-state index in [-0.39, 0.29) is 5.91 Å². The minimum absolute atomic E-state index is 0.222. The van der Waals surface area contributed by atoms with Crippen LogP contribution in [0.15, 0.2) is 66.4 Å². The third-order valence-corrected chi connectivity index (χ3v) is 6.71. The molecule has 3 heterocycles. The fraction of sp³-hybridized carbons (Fsp3) is 0.182. The molecule has 3 N–H and O–H groups in total. The van der Waals surface area contributed by atoms with Gasteiger partial charge in [0.25, 0.3) is 5.91 Å². The van der Waals surface area contributed by atoms with E-state index in [0.717, 1.165) is 33.3 Å². The van der Waals surface area contributed by atoms with E-state index in [4.69, 9.17) is 0 Å². The van der Waals surface area contributed by atoms with Crippen LogP contribution >= 0.6 is 7.14 Å². The molecule has 1 aliphatic heterocycles. The van der Waals surface area contributed by atoms with Crippen molar-refractivity contribution < 1.29 is 9.36 Å². The number of pyridine rings is 1. The highest BCUT2D eigenvalue weighted by atomic mass is 31.2. The molecule has 0 atom stereocenters. The van der Waals surface area contributed by atoms with E-state index in [2.05, 4.69) is 20.6 Å². The van der Waals surface area contributed by atoms with Crippen molar-refractivity contribution in [2.24, 2.45) is 0 Å². The molecule has 154 valence electrons. The minimum Gasteiger partial charge on any atom is -0.354 e. The Labute approximate surface area is 175 Å². The van der Waals surface area contributed by atoms with Gasteiger partial charge in [-0.1, -0.05) is 24.3 Å². The summed E-state index contributed by atoms with van der Waals surface area (Å²) >= 11 is 0. The summed E-state index contributed by atoms with van der Waals surface area (Å²) in [5.41, 5.74) is 4.58. The molecule has 1 aliphatic rings. The van der Waals surface area contributed by atoms with Gasteiger partial charge in [0.1, 0.15) is 18.5 Å². The van der Waals surface area contributed by atoms with Gasteiger partial charge in [-0.05, 0) is 37.9 Å². The van der Waals surface area contributed by atoms with Gasteiger partial charge in [-0.15, -0.1) is 0 Å². The lowest BCUT2D eigenvalue weighted by atomic mass is 10.1. The third kappa shape index (κ3) is 3.89. The second kappa shape index (κ2) is 7.50. The number of fused-ring (bicyclic) bond motifs is 1. The number of nitrogens with one attached hydrogen (secondary N) is 3. The normalized spacial score (nSPS) is 14.2. The van der Waals surface area contributed by atoms with Crippen molar-refractivity contribution in [3.63, 3.8) is 0 Å². The number of nitrogens with zero attached hydrogens (tertiary/aromatic N) is 2. The van der Waals surface area contributed by atoms with Crippen LogP contribution in [0, 0.1) is 0 Å². The molecular formula is C22H24N5O2P. The van der Waals surface area contributed by atoms with Crippen LogP contribution in [-0.4, -0.2) is 41.2 Å². The Morgan fingerprint density at radius 2 is 1.90 bits per heavy atom. The summed E-state index contributed by atoms with van der Waals surface area (Å²) in [4.78, 5) is 22.3. The summed E-state index contributed by atoms with van der Waals surface area (Å²) in [5, 5.41) is 7.64. The number of allylic oxidation sites excluding steroid dienone is 1. The van der Waals surface area contributed by atoms with Crippen molar-refractivity contribution >= 4 is 35.1 Å².